The fourth-order valence-electron chi connectivity index (χ4n) is 1.54. The van der Waals surface area contributed by atoms with Gasteiger partial charge in [-0.3, -0.25) is 0 Å². The van der Waals surface area contributed by atoms with Gasteiger partial charge in [0, 0.05) is 21.1 Å². The van der Waals surface area contributed by atoms with Crippen molar-refractivity contribution in [3.63, 3.8) is 0 Å². The molecule has 1 aromatic heterocycles. The van der Waals surface area contributed by atoms with Crippen LogP contribution in [0.15, 0.2) is 24.3 Å². The first-order valence-corrected chi connectivity index (χ1v) is 6.96. The van der Waals surface area contributed by atoms with Crippen molar-refractivity contribution < 1.29 is 10.2 Å². The Balaban J connectivity index is 2.64. The zero-order chi connectivity index (χ0) is 12.6. The topological polar surface area (TPSA) is 45.4 Å². The van der Waals surface area contributed by atoms with E-state index < -0.39 is 0 Å². The summed E-state index contributed by atoms with van der Waals surface area (Å²) < 4.78 is 1.88. The van der Waals surface area contributed by atoms with Crippen molar-refractivity contribution in [1.82, 2.24) is 4.57 Å². The highest BCUT2D eigenvalue weighted by molar-refractivity contribution is 14.1. The van der Waals surface area contributed by atoms with E-state index in [0.29, 0.717) is 25.7 Å². The Hall–Kier alpha value is -0.590. The normalized spacial score (nSPS) is 10.8. The van der Waals surface area contributed by atoms with E-state index in [2.05, 4.69) is 22.6 Å². The first-order chi connectivity index (χ1) is 8.04. The number of nitrogens with zero attached hydrogens (tertiary/aromatic N) is 1. The van der Waals surface area contributed by atoms with Gasteiger partial charge in [0.2, 0.25) is 5.88 Å². The molecule has 2 N–H and O–H groups in total. The van der Waals surface area contributed by atoms with Crippen LogP contribution in [0, 0.1) is 0 Å². The van der Waals surface area contributed by atoms with Gasteiger partial charge in [-0.05, 0) is 18.2 Å². The standard InChI is InChI=1S/C11H8Cl2INO2/c12-7-1-2-9(8(13)4-7)15-10(16)3-6(5-14)11(15)17/h1-4,16-17H,5H2. The first kappa shape index (κ1) is 12.9. The maximum absolute atomic E-state index is 9.96. The molecule has 0 saturated heterocycles. The van der Waals surface area contributed by atoms with Crippen LogP contribution < -0.4 is 0 Å². The number of hydrogen-bond donors (Lipinski definition) is 2. The number of aromatic nitrogens is 1. The molecule has 0 atom stereocenters. The third kappa shape index (κ3) is 2.34. The maximum atomic E-state index is 9.96. The fraction of sp³-hybridized carbons (Fsp3) is 0.0909. The minimum atomic E-state index is -0.0570. The molecule has 0 aliphatic heterocycles. The van der Waals surface area contributed by atoms with E-state index in [1.54, 1.807) is 18.2 Å². The van der Waals surface area contributed by atoms with Gasteiger partial charge in [0.05, 0.1) is 10.7 Å². The van der Waals surface area contributed by atoms with Crippen molar-refractivity contribution in [1.29, 1.82) is 0 Å². The van der Waals surface area contributed by atoms with Crippen LogP contribution >= 0.6 is 45.8 Å². The summed E-state index contributed by atoms with van der Waals surface area (Å²) in [5, 5.41) is 20.6. The smallest absolute Gasteiger partial charge is 0.202 e. The zero-order valence-corrected chi connectivity index (χ0v) is 12.2. The zero-order valence-electron chi connectivity index (χ0n) is 8.49. The van der Waals surface area contributed by atoms with Crippen LogP contribution in [-0.2, 0) is 4.43 Å². The molecular formula is C11H8Cl2INO2. The molecule has 0 aliphatic carbocycles. The van der Waals surface area contributed by atoms with E-state index in [0.717, 1.165) is 0 Å². The lowest BCUT2D eigenvalue weighted by Crippen LogP contribution is -1.94. The van der Waals surface area contributed by atoms with Gasteiger partial charge in [-0.2, -0.15) is 0 Å². The molecule has 0 fully saturated rings. The van der Waals surface area contributed by atoms with Gasteiger partial charge >= 0.3 is 0 Å². The van der Waals surface area contributed by atoms with Crippen molar-refractivity contribution in [2.75, 3.05) is 0 Å². The van der Waals surface area contributed by atoms with Gasteiger partial charge < -0.3 is 10.2 Å². The second-order valence-electron chi connectivity index (χ2n) is 3.42. The largest absolute Gasteiger partial charge is 0.494 e. The number of alkyl halides is 1. The molecule has 0 radical (unpaired) electrons. The summed E-state index contributed by atoms with van der Waals surface area (Å²) in [6, 6.07) is 6.35. The van der Waals surface area contributed by atoms with E-state index in [9.17, 15) is 10.2 Å². The summed E-state index contributed by atoms with van der Waals surface area (Å²) >= 11 is 13.9. The molecule has 17 heavy (non-hydrogen) atoms. The molecule has 6 heteroatoms. The summed E-state index contributed by atoms with van der Waals surface area (Å²) in [7, 11) is 0. The third-order valence-electron chi connectivity index (χ3n) is 2.33. The number of halogens is 3. The molecule has 0 saturated carbocycles. The number of rotatable bonds is 2. The molecule has 0 bridgehead atoms. The van der Waals surface area contributed by atoms with E-state index in [4.69, 9.17) is 23.2 Å². The van der Waals surface area contributed by atoms with Crippen molar-refractivity contribution in [2.45, 2.75) is 4.43 Å². The minimum Gasteiger partial charge on any atom is -0.494 e. The molecule has 1 heterocycles. The molecule has 0 aliphatic rings. The highest BCUT2D eigenvalue weighted by atomic mass is 127. The van der Waals surface area contributed by atoms with E-state index >= 15 is 0 Å². The highest BCUT2D eigenvalue weighted by Crippen LogP contribution is 2.36. The van der Waals surface area contributed by atoms with Crippen LogP contribution in [0.25, 0.3) is 5.69 Å². The second-order valence-corrected chi connectivity index (χ2v) is 5.02. The fourth-order valence-corrected chi connectivity index (χ4v) is 2.59. The summed E-state index contributed by atoms with van der Waals surface area (Å²) in [4.78, 5) is 0. The van der Waals surface area contributed by atoms with Gasteiger partial charge in [-0.1, -0.05) is 45.8 Å². The lowest BCUT2D eigenvalue weighted by Gasteiger charge is -2.09. The van der Waals surface area contributed by atoms with Gasteiger partial charge in [-0.25, -0.2) is 4.57 Å². The Labute approximate surface area is 122 Å². The highest BCUT2D eigenvalue weighted by Gasteiger charge is 2.16. The predicted octanol–water partition coefficient (Wildman–Crippen LogP) is 4.13. The SMILES string of the molecule is Oc1cc(CI)c(O)n1-c1ccc(Cl)cc1Cl. The van der Waals surface area contributed by atoms with Crippen LogP contribution in [0.2, 0.25) is 10.0 Å². The Morgan fingerprint density at radius 3 is 2.41 bits per heavy atom. The number of aromatic hydroxyl groups is 2. The van der Waals surface area contributed by atoms with E-state index in [-0.39, 0.29) is 11.8 Å². The van der Waals surface area contributed by atoms with Gasteiger partial charge in [0.25, 0.3) is 0 Å². The third-order valence-corrected chi connectivity index (χ3v) is 3.69. The van der Waals surface area contributed by atoms with Crippen molar-refractivity contribution >= 4 is 45.8 Å². The summed E-state index contributed by atoms with van der Waals surface area (Å²) in [5.74, 6) is -0.0699. The molecule has 90 valence electrons. The minimum absolute atomic E-state index is 0.0128. The summed E-state index contributed by atoms with van der Waals surface area (Å²) in [5.41, 5.74) is 1.14. The lowest BCUT2D eigenvalue weighted by atomic mass is 10.3. The van der Waals surface area contributed by atoms with Gasteiger partial charge in [-0.15, -0.1) is 0 Å². The van der Waals surface area contributed by atoms with Crippen LogP contribution in [0.5, 0.6) is 11.8 Å². The van der Waals surface area contributed by atoms with Crippen LogP contribution in [0.4, 0.5) is 0 Å². The predicted molar refractivity (Wildman–Crippen MR) is 76.8 cm³/mol. The summed E-state index contributed by atoms with van der Waals surface area (Å²) in [6.45, 7) is 0. The lowest BCUT2D eigenvalue weighted by molar-refractivity contribution is 0.401. The molecule has 0 unspecified atom stereocenters. The first-order valence-electron chi connectivity index (χ1n) is 4.68. The van der Waals surface area contributed by atoms with Crippen LogP contribution in [-0.4, -0.2) is 14.8 Å². The van der Waals surface area contributed by atoms with Gasteiger partial charge in [0.15, 0.2) is 5.88 Å². The monoisotopic (exact) mass is 383 g/mol. The van der Waals surface area contributed by atoms with Gasteiger partial charge in [0.1, 0.15) is 0 Å². The second kappa shape index (κ2) is 4.96. The van der Waals surface area contributed by atoms with E-state index in [1.165, 1.54) is 10.6 Å². The molecule has 3 nitrogen and oxygen atoms in total. The Bertz CT molecular complexity index is 569. The maximum Gasteiger partial charge on any atom is 0.202 e. The van der Waals surface area contributed by atoms with Crippen molar-refractivity contribution in [3.05, 3.63) is 39.9 Å². The van der Waals surface area contributed by atoms with Crippen LogP contribution in [0.1, 0.15) is 5.56 Å². The molecule has 0 amide bonds. The average molecular weight is 384 g/mol. The number of benzene rings is 1. The average Bonchev–Trinajstić information content (AvgIpc) is 2.55. The van der Waals surface area contributed by atoms with E-state index in [1.807, 2.05) is 0 Å². The quantitative estimate of drug-likeness (QED) is 0.605. The molecule has 1 aromatic carbocycles. The van der Waals surface area contributed by atoms with Crippen molar-refractivity contribution in [2.24, 2.45) is 0 Å². The molecule has 2 aromatic rings. The van der Waals surface area contributed by atoms with Crippen molar-refractivity contribution in [3.8, 4) is 17.4 Å². The number of hydrogen-bond acceptors (Lipinski definition) is 2. The van der Waals surface area contributed by atoms with Crippen LogP contribution in [0.3, 0.4) is 0 Å². The molecule has 2 rings (SSSR count). The Morgan fingerprint density at radius 2 is 1.88 bits per heavy atom. The molecular weight excluding hydrogens is 376 g/mol. The Kier molecular flexibility index (Phi) is 3.75. The summed E-state index contributed by atoms with van der Waals surface area (Å²) in [6.07, 6.45) is 0. The Morgan fingerprint density at radius 1 is 1.18 bits per heavy atom. The molecule has 0 spiro atoms.